The molecule has 0 spiro atoms. The molecule has 2 rings (SSSR count). The van der Waals surface area contributed by atoms with Gasteiger partial charge >= 0.3 is 0 Å². The summed E-state index contributed by atoms with van der Waals surface area (Å²) in [4.78, 5) is 11.7. The van der Waals surface area contributed by atoms with E-state index in [-0.39, 0.29) is 12.5 Å². The van der Waals surface area contributed by atoms with Gasteiger partial charge in [0.2, 0.25) is 5.91 Å². The molecule has 5 nitrogen and oxygen atoms in total. The molecule has 0 atom stereocenters. The van der Waals surface area contributed by atoms with E-state index in [9.17, 15) is 4.79 Å². The van der Waals surface area contributed by atoms with Crippen LogP contribution in [0.2, 0.25) is 5.02 Å². The third-order valence-corrected chi connectivity index (χ3v) is 2.87. The number of benzene rings is 1. The summed E-state index contributed by atoms with van der Waals surface area (Å²) in [5, 5.41) is 10.7. The first-order valence-electron chi connectivity index (χ1n) is 4.74. The molecule has 1 N–H and O–H groups in total. The molecule has 0 aliphatic carbocycles. The highest BCUT2D eigenvalue weighted by molar-refractivity contribution is 9.10. The number of hydrogen-bond acceptors (Lipinski definition) is 3. The first-order chi connectivity index (χ1) is 8.15. The van der Waals surface area contributed by atoms with Crippen LogP contribution >= 0.6 is 27.5 Å². The Labute approximate surface area is 111 Å². The molecule has 0 aliphatic heterocycles. The number of hydrogen-bond donors (Lipinski definition) is 1. The highest BCUT2D eigenvalue weighted by atomic mass is 79.9. The van der Waals surface area contributed by atoms with Gasteiger partial charge in [-0.15, -0.1) is 5.10 Å². The summed E-state index contributed by atoms with van der Waals surface area (Å²) in [6, 6.07) is 5.15. The van der Waals surface area contributed by atoms with Gasteiger partial charge in [-0.25, -0.2) is 4.68 Å². The zero-order chi connectivity index (χ0) is 12.3. The molecule has 0 radical (unpaired) electrons. The second kappa shape index (κ2) is 5.29. The van der Waals surface area contributed by atoms with E-state index in [2.05, 4.69) is 31.6 Å². The topological polar surface area (TPSA) is 59.8 Å². The van der Waals surface area contributed by atoms with Crippen LogP contribution in [-0.2, 0) is 11.3 Å². The molecule has 0 aliphatic rings. The summed E-state index contributed by atoms with van der Waals surface area (Å²) in [6.45, 7) is 0.120. The Hall–Kier alpha value is -1.40. The van der Waals surface area contributed by atoms with Crippen molar-refractivity contribution in [3.05, 3.63) is 40.1 Å². The van der Waals surface area contributed by atoms with Crippen LogP contribution in [0.25, 0.3) is 0 Å². The van der Waals surface area contributed by atoms with Gasteiger partial charge < -0.3 is 5.32 Å². The van der Waals surface area contributed by atoms with Gasteiger partial charge in [0.15, 0.2) is 0 Å². The number of rotatable bonds is 3. The Bertz CT molecular complexity index is 529. The number of amides is 1. The summed E-state index contributed by atoms with van der Waals surface area (Å²) in [5.74, 6) is -0.182. The molecule has 7 heteroatoms. The number of halogens is 2. The van der Waals surface area contributed by atoms with Crippen molar-refractivity contribution >= 4 is 39.1 Å². The SMILES string of the molecule is O=C(Cn1ccnn1)Nc1ccc(Cl)cc1Br. The molecule has 1 aromatic heterocycles. The Balaban J connectivity index is 2.03. The van der Waals surface area contributed by atoms with Crippen LogP contribution in [0.3, 0.4) is 0 Å². The van der Waals surface area contributed by atoms with E-state index in [1.807, 2.05) is 0 Å². The fourth-order valence-electron chi connectivity index (χ4n) is 1.24. The van der Waals surface area contributed by atoms with Crippen LogP contribution in [0.15, 0.2) is 35.1 Å². The van der Waals surface area contributed by atoms with Gasteiger partial charge in [0.1, 0.15) is 6.54 Å². The Morgan fingerprint density at radius 2 is 2.35 bits per heavy atom. The number of carbonyl (C=O) groups excluding carboxylic acids is 1. The maximum absolute atomic E-state index is 11.7. The average molecular weight is 316 g/mol. The molecule has 0 saturated heterocycles. The lowest BCUT2D eigenvalue weighted by Gasteiger charge is -2.07. The Morgan fingerprint density at radius 3 is 3.00 bits per heavy atom. The molecule has 2 aromatic rings. The van der Waals surface area contributed by atoms with E-state index in [0.717, 1.165) is 4.47 Å². The monoisotopic (exact) mass is 314 g/mol. The van der Waals surface area contributed by atoms with Crippen molar-refractivity contribution in [1.29, 1.82) is 0 Å². The summed E-state index contributed by atoms with van der Waals surface area (Å²) in [7, 11) is 0. The normalized spacial score (nSPS) is 10.2. The fourth-order valence-corrected chi connectivity index (χ4v) is 2.03. The molecule has 1 amide bonds. The van der Waals surface area contributed by atoms with E-state index in [1.165, 1.54) is 10.9 Å². The van der Waals surface area contributed by atoms with Crippen LogP contribution in [0, 0.1) is 0 Å². The van der Waals surface area contributed by atoms with Gasteiger partial charge in [-0.3, -0.25) is 4.79 Å². The first kappa shape index (κ1) is 12.1. The standard InChI is InChI=1S/C10H8BrClN4O/c11-8-5-7(12)1-2-9(8)14-10(17)6-16-4-3-13-15-16/h1-5H,6H2,(H,14,17). The van der Waals surface area contributed by atoms with Gasteiger partial charge in [-0.2, -0.15) is 0 Å². The Kier molecular flexibility index (Phi) is 3.75. The highest BCUT2D eigenvalue weighted by Gasteiger charge is 2.07. The molecule has 0 bridgehead atoms. The number of aromatic nitrogens is 3. The maximum atomic E-state index is 11.7. The number of anilines is 1. The molecule has 0 fully saturated rings. The molecule has 1 aromatic carbocycles. The zero-order valence-corrected chi connectivity index (χ0v) is 10.9. The van der Waals surface area contributed by atoms with Crippen molar-refractivity contribution in [3.63, 3.8) is 0 Å². The van der Waals surface area contributed by atoms with E-state index < -0.39 is 0 Å². The summed E-state index contributed by atoms with van der Waals surface area (Å²) >= 11 is 9.12. The van der Waals surface area contributed by atoms with Gasteiger partial charge in [0, 0.05) is 15.7 Å². The lowest BCUT2D eigenvalue weighted by Crippen LogP contribution is -2.19. The molecule has 88 valence electrons. The lowest BCUT2D eigenvalue weighted by atomic mass is 10.3. The zero-order valence-electron chi connectivity index (χ0n) is 8.60. The highest BCUT2D eigenvalue weighted by Crippen LogP contribution is 2.25. The van der Waals surface area contributed by atoms with Crippen LogP contribution < -0.4 is 5.32 Å². The molecule has 17 heavy (non-hydrogen) atoms. The second-order valence-corrected chi connectivity index (χ2v) is 4.56. The third kappa shape index (κ3) is 3.28. The van der Waals surface area contributed by atoms with Crippen LogP contribution in [0.4, 0.5) is 5.69 Å². The van der Waals surface area contributed by atoms with Crippen molar-refractivity contribution in [2.45, 2.75) is 6.54 Å². The Morgan fingerprint density at radius 1 is 1.53 bits per heavy atom. The van der Waals surface area contributed by atoms with E-state index >= 15 is 0 Å². The molecular weight excluding hydrogens is 307 g/mol. The van der Waals surface area contributed by atoms with Crippen molar-refractivity contribution in [2.24, 2.45) is 0 Å². The smallest absolute Gasteiger partial charge is 0.246 e. The second-order valence-electron chi connectivity index (χ2n) is 3.27. The first-order valence-corrected chi connectivity index (χ1v) is 5.91. The quantitative estimate of drug-likeness (QED) is 0.945. The van der Waals surface area contributed by atoms with Crippen LogP contribution in [0.5, 0.6) is 0 Å². The summed E-state index contributed by atoms with van der Waals surface area (Å²) in [6.07, 6.45) is 3.14. The van der Waals surface area contributed by atoms with Gasteiger partial charge in [-0.05, 0) is 34.1 Å². The third-order valence-electron chi connectivity index (χ3n) is 1.98. The number of nitrogens with one attached hydrogen (secondary N) is 1. The largest absolute Gasteiger partial charge is 0.323 e. The minimum atomic E-state index is -0.182. The molecule has 0 saturated carbocycles. The summed E-state index contributed by atoms with van der Waals surface area (Å²) in [5.41, 5.74) is 0.666. The minimum Gasteiger partial charge on any atom is -0.323 e. The van der Waals surface area contributed by atoms with Crippen LogP contribution in [0.1, 0.15) is 0 Å². The predicted molar refractivity (Wildman–Crippen MR) is 67.8 cm³/mol. The van der Waals surface area contributed by atoms with Crippen molar-refractivity contribution < 1.29 is 4.79 Å². The van der Waals surface area contributed by atoms with E-state index in [0.29, 0.717) is 10.7 Å². The average Bonchev–Trinajstić information content (AvgIpc) is 2.75. The number of carbonyl (C=O) groups is 1. The number of nitrogens with zero attached hydrogens (tertiary/aromatic N) is 3. The molecular formula is C10H8BrClN4O. The lowest BCUT2D eigenvalue weighted by molar-refractivity contribution is -0.116. The van der Waals surface area contributed by atoms with Gasteiger partial charge in [-0.1, -0.05) is 16.8 Å². The van der Waals surface area contributed by atoms with Crippen molar-refractivity contribution in [2.75, 3.05) is 5.32 Å². The van der Waals surface area contributed by atoms with Crippen LogP contribution in [-0.4, -0.2) is 20.9 Å². The van der Waals surface area contributed by atoms with Crippen molar-refractivity contribution in [1.82, 2.24) is 15.0 Å². The predicted octanol–water partition coefficient (Wildman–Crippen LogP) is 2.33. The summed E-state index contributed by atoms with van der Waals surface area (Å²) < 4.78 is 2.18. The molecule has 0 unspecified atom stereocenters. The van der Waals surface area contributed by atoms with E-state index in [4.69, 9.17) is 11.6 Å². The van der Waals surface area contributed by atoms with Gasteiger partial charge in [0.05, 0.1) is 11.9 Å². The van der Waals surface area contributed by atoms with Gasteiger partial charge in [0.25, 0.3) is 0 Å². The fraction of sp³-hybridized carbons (Fsp3) is 0.100. The molecule has 1 heterocycles. The van der Waals surface area contributed by atoms with Crippen molar-refractivity contribution in [3.8, 4) is 0 Å². The van der Waals surface area contributed by atoms with E-state index in [1.54, 1.807) is 24.4 Å². The maximum Gasteiger partial charge on any atom is 0.246 e. The minimum absolute atomic E-state index is 0.120.